The van der Waals surface area contributed by atoms with Crippen LogP contribution in [0.2, 0.25) is 0 Å². The standard InChI is InChI=1S/C17H11FN4O3S/c18-11-2-1-3-12(7-11)22-17(19-20-21-22)26-9-10-6-16(24)25-15-8-13(23)4-5-14(10)15/h1-8,23H,9H2. The van der Waals surface area contributed by atoms with E-state index in [-0.39, 0.29) is 11.6 Å². The summed E-state index contributed by atoms with van der Waals surface area (Å²) in [7, 11) is 0. The number of benzene rings is 2. The van der Waals surface area contributed by atoms with E-state index in [0.717, 1.165) is 5.56 Å². The lowest BCUT2D eigenvalue weighted by atomic mass is 10.1. The van der Waals surface area contributed by atoms with Gasteiger partial charge in [-0.15, -0.1) is 5.10 Å². The van der Waals surface area contributed by atoms with Crippen molar-refractivity contribution in [3.63, 3.8) is 0 Å². The van der Waals surface area contributed by atoms with E-state index in [1.54, 1.807) is 18.2 Å². The van der Waals surface area contributed by atoms with Crippen LogP contribution >= 0.6 is 11.8 Å². The second-order valence-corrected chi connectivity index (χ2v) is 6.36. The van der Waals surface area contributed by atoms with E-state index in [1.807, 2.05) is 0 Å². The SMILES string of the molecule is O=c1cc(CSc2nnnn2-c2cccc(F)c2)c2ccc(O)cc2o1. The van der Waals surface area contributed by atoms with Crippen molar-refractivity contribution in [3.05, 3.63) is 70.3 Å². The molecule has 0 bridgehead atoms. The Labute approximate surface area is 150 Å². The third-order valence-electron chi connectivity index (χ3n) is 3.66. The van der Waals surface area contributed by atoms with Gasteiger partial charge in [0.2, 0.25) is 5.16 Å². The fourth-order valence-corrected chi connectivity index (χ4v) is 3.40. The zero-order chi connectivity index (χ0) is 18.1. The molecule has 0 fully saturated rings. The molecule has 4 rings (SSSR count). The number of thioether (sulfide) groups is 1. The molecule has 0 aliphatic heterocycles. The van der Waals surface area contributed by atoms with Crippen molar-refractivity contribution in [2.75, 3.05) is 0 Å². The quantitative estimate of drug-likeness (QED) is 0.436. The molecule has 0 saturated carbocycles. The van der Waals surface area contributed by atoms with Crippen LogP contribution in [0.25, 0.3) is 16.7 Å². The largest absolute Gasteiger partial charge is 0.508 e. The van der Waals surface area contributed by atoms with Crippen molar-refractivity contribution >= 4 is 22.7 Å². The van der Waals surface area contributed by atoms with Crippen LogP contribution in [-0.4, -0.2) is 25.3 Å². The van der Waals surface area contributed by atoms with E-state index >= 15 is 0 Å². The van der Waals surface area contributed by atoms with E-state index in [2.05, 4.69) is 15.5 Å². The van der Waals surface area contributed by atoms with Crippen LogP contribution in [0.5, 0.6) is 5.75 Å². The molecule has 0 aliphatic carbocycles. The van der Waals surface area contributed by atoms with Crippen LogP contribution < -0.4 is 5.63 Å². The van der Waals surface area contributed by atoms with Crippen molar-refractivity contribution in [2.45, 2.75) is 10.9 Å². The number of fused-ring (bicyclic) bond motifs is 1. The predicted octanol–water partition coefficient (Wildman–Crippen LogP) is 2.91. The Bertz CT molecular complexity index is 1160. The molecular formula is C17H11FN4O3S. The van der Waals surface area contributed by atoms with Crippen molar-refractivity contribution in [1.29, 1.82) is 0 Å². The Balaban J connectivity index is 1.66. The van der Waals surface area contributed by atoms with E-state index in [0.29, 0.717) is 27.6 Å². The molecule has 1 N–H and O–H groups in total. The summed E-state index contributed by atoms with van der Waals surface area (Å²) in [4.78, 5) is 11.8. The van der Waals surface area contributed by atoms with Crippen molar-refractivity contribution in [1.82, 2.24) is 20.2 Å². The van der Waals surface area contributed by atoms with Gasteiger partial charge >= 0.3 is 5.63 Å². The summed E-state index contributed by atoms with van der Waals surface area (Å²) in [5.41, 5.74) is 1.01. The first-order valence-corrected chi connectivity index (χ1v) is 8.51. The first kappa shape index (κ1) is 16.3. The molecule has 7 nitrogen and oxygen atoms in total. The molecule has 0 unspecified atom stereocenters. The highest BCUT2D eigenvalue weighted by Crippen LogP contribution is 2.27. The van der Waals surface area contributed by atoms with Gasteiger partial charge in [0.15, 0.2) is 0 Å². The molecule has 2 heterocycles. The lowest BCUT2D eigenvalue weighted by molar-refractivity contribution is 0.473. The lowest BCUT2D eigenvalue weighted by Crippen LogP contribution is -2.02. The van der Waals surface area contributed by atoms with Gasteiger partial charge < -0.3 is 9.52 Å². The number of aromatic nitrogens is 4. The summed E-state index contributed by atoms with van der Waals surface area (Å²) in [5.74, 6) is 0.0173. The molecule has 0 amide bonds. The number of halogens is 1. The van der Waals surface area contributed by atoms with E-state index in [1.165, 1.54) is 46.8 Å². The van der Waals surface area contributed by atoms with Crippen LogP contribution in [0.3, 0.4) is 0 Å². The number of rotatable bonds is 4. The van der Waals surface area contributed by atoms with Crippen LogP contribution in [0.4, 0.5) is 4.39 Å². The van der Waals surface area contributed by atoms with Gasteiger partial charge in [-0.25, -0.2) is 9.18 Å². The number of nitrogens with zero attached hydrogens (tertiary/aromatic N) is 4. The highest BCUT2D eigenvalue weighted by molar-refractivity contribution is 7.98. The number of hydrogen-bond acceptors (Lipinski definition) is 7. The third-order valence-corrected chi connectivity index (χ3v) is 4.63. The van der Waals surface area contributed by atoms with Crippen molar-refractivity contribution < 1.29 is 13.9 Å². The minimum absolute atomic E-state index is 0.0144. The third kappa shape index (κ3) is 3.16. The maximum absolute atomic E-state index is 13.4. The second kappa shape index (κ2) is 6.60. The monoisotopic (exact) mass is 370 g/mol. The number of hydrogen-bond donors (Lipinski definition) is 1. The lowest BCUT2D eigenvalue weighted by Gasteiger charge is -2.06. The van der Waals surface area contributed by atoms with Gasteiger partial charge in [-0.05, 0) is 46.3 Å². The van der Waals surface area contributed by atoms with Gasteiger partial charge in [-0.2, -0.15) is 4.68 Å². The van der Waals surface area contributed by atoms with E-state index in [9.17, 15) is 14.3 Å². The maximum atomic E-state index is 13.4. The fourth-order valence-electron chi connectivity index (χ4n) is 2.52. The molecule has 0 aliphatic rings. The Hall–Kier alpha value is -3.20. The predicted molar refractivity (Wildman–Crippen MR) is 92.8 cm³/mol. The smallest absolute Gasteiger partial charge is 0.336 e. The zero-order valence-corrected chi connectivity index (χ0v) is 14.0. The number of phenols is 1. The molecular weight excluding hydrogens is 359 g/mol. The molecule has 2 aromatic heterocycles. The van der Waals surface area contributed by atoms with Gasteiger partial charge in [0, 0.05) is 23.3 Å². The average Bonchev–Trinajstić information content (AvgIpc) is 3.07. The normalized spacial score (nSPS) is 11.1. The van der Waals surface area contributed by atoms with Crippen LogP contribution in [0.1, 0.15) is 5.56 Å². The molecule has 0 radical (unpaired) electrons. The Morgan fingerprint density at radius 3 is 2.92 bits per heavy atom. The summed E-state index contributed by atoms with van der Waals surface area (Å²) < 4.78 is 20.0. The molecule has 130 valence electrons. The van der Waals surface area contributed by atoms with E-state index in [4.69, 9.17) is 4.42 Å². The average molecular weight is 370 g/mol. The molecule has 0 atom stereocenters. The van der Waals surface area contributed by atoms with E-state index < -0.39 is 5.63 Å². The number of aromatic hydroxyl groups is 1. The first-order chi connectivity index (χ1) is 12.6. The summed E-state index contributed by atoms with van der Waals surface area (Å²) >= 11 is 1.30. The van der Waals surface area contributed by atoms with Crippen molar-refractivity contribution in [3.8, 4) is 11.4 Å². The fraction of sp³-hybridized carbons (Fsp3) is 0.0588. The summed E-state index contributed by atoms with van der Waals surface area (Å²) in [6, 6.07) is 11.9. The van der Waals surface area contributed by atoms with Crippen molar-refractivity contribution in [2.24, 2.45) is 0 Å². The number of tetrazole rings is 1. The minimum Gasteiger partial charge on any atom is -0.508 e. The molecule has 2 aromatic carbocycles. The second-order valence-electron chi connectivity index (χ2n) is 5.41. The molecule has 9 heteroatoms. The highest BCUT2D eigenvalue weighted by Gasteiger charge is 2.12. The van der Waals surface area contributed by atoms with Gasteiger partial charge in [-0.3, -0.25) is 0 Å². The van der Waals surface area contributed by atoms with Gasteiger partial charge in [0.25, 0.3) is 0 Å². The van der Waals surface area contributed by atoms with Crippen LogP contribution in [0.15, 0.2) is 62.9 Å². The topological polar surface area (TPSA) is 94.0 Å². The highest BCUT2D eigenvalue weighted by atomic mass is 32.2. The Morgan fingerprint density at radius 1 is 1.19 bits per heavy atom. The summed E-state index contributed by atoms with van der Waals surface area (Å²) in [6.07, 6.45) is 0. The zero-order valence-electron chi connectivity index (χ0n) is 13.2. The molecule has 0 spiro atoms. The van der Waals surface area contributed by atoms with Gasteiger partial charge in [0.05, 0.1) is 5.69 Å². The Kier molecular flexibility index (Phi) is 4.13. The van der Waals surface area contributed by atoms with Crippen LogP contribution in [0, 0.1) is 5.82 Å². The number of phenolic OH excluding ortho intramolecular Hbond substituents is 1. The summed E-state index contributed by atoms with van der Waals surface area (Å²) in [6.45, 7) is 0. The first-order valence-electron chi connectivity index (χ1n) is 7.53. The summed E-state index contributed by atoms with van der Waals surface area (Å²) in [5, 5.41) is 22.2. The molecule has 26 heavy (non-hydrogen) atoms. The maximum Gasteiger partial charge on any atom is 0.336 e. The van der Waals surface area contributed by atoms with Gasteiger partial charge in [0.1, 0.15) is 17.1 Å². The molecule has 0 saturated heterocycles. The minimum atomic E-state index is -0.511. The van der Waals surface area contributed by atoms with Gasteiger partial charge in [-0.1, -0.05) is 17.8 Å². The Morgan fingerprint density at radius 2 is 2.08 bits per heavy atom. The van der Waals surface area contributed by atoms with Crippen LogP contribution in [-0.2, 0) is 5.75 Å². The molecule has 4 aromatic rings.